The van der Waals surface area contributed by atoms with Crippen LogP contribution in [-0.4, -0.2) is 58.2 Å². The van der Waals surface area contributed by atoms with Gasteiger partial charge in [-0.25, -0.2) is 0 Å². The van der Waals surface area contributed by atoms with Gasteiger partial charge in [0.1, 0.15) is 6.54 Å². The molecule has 0 bridgehead atoms. The predicted octanol–water partition coefficient (Wildman–Crippen LogP) is 3.28. The third kappa shape index (κ3) is 29.9. The van der Waals surface area contributed by atoms with Crippen LogP contribution in [0, 0.1) is 0 Å². The quantitative estimate of drug-likeness (QED) is 0.266. The van der Waals surface area contributed by atoms with Gasteiger partial charge in [-0.05, 0) is 6.42 Å². The predicted molar refractivity (Wildman–Crippen MR) is 103 cm³/mol. The molecule has 0 rings (SSSR count). The van der Waals surface area contributed by atoms with E-state index in [0.717, 1.165) is 17.4 Å². The van der Waals surface area contributed by atoms with E-state index in [1.54, 1.807) is 0 Å². The van der Waals surface area contributed by atoms with Gasteiger partial charge in [0.25, 0.3) is 0 Å². The second kappa shape index (κ2) is 20.9. The molecule has 1 radical (unpaired) electrons. The molecule has 0 aliphatic rings. The molecule has 0 unspecified atom stereocenters. The molecule has 0 aromatic heterocycles. The number of nitrogens with zero attached hydrogens (tertiary/aromatic N) is 1. The zero-order valence-corrected chi connectivity index (χ0v) is 16.9. The van der Waals surface area contributed by atoms with Crippen LogP contribution in [0.2, 0.25) is 0 Å². The molecule has 0 atom stereocenters. The third-order valence-corrected chi connectivity index (χ3v) is 3.95. The van der Waals surface area contributed by atoms with Crippen molar-refractivity contribution in [1.82, 2.24) is 0 Å². The molecule has 0 fully saturated rings. The molecule has 0 heterocycles. The van der Waals surface area contributed by atoms with E-state index in [1.165, 1.54) is 70.6 Å². The summed E-state index contributed by atoms with van der Waals surface area (Å²) >= 11 is 0. The van der Waals surface area contributed by atoms with Gasteiger partial charge in [-0.15, -0.1) is 0 Å². The minimum atomic E-state index is 0.281. The van der Waals surface area contributed by atoms with Crippen molar-refractivity contribution in [3.63, 3.8) is 0 Å². The molecule has 24 heavy (non-hydrogen) atoms. The van der Waals surface area contributed by atoms with Crippen molar-refractivity contribution in [1.29, 1.82) is 0 Å². The zero-order valence-electron chi connectivity index (χ0n) is 16.9. The number of aliphatic hydroxyl groups excluding tert-OH is 1. The summed E-state index contributed by atoms with van der Waals surface area (Å²) in [5, 5.41) is 18.3. The van der Waals surface area contributed by atoms with Crippen molar-refractivity contribution in [2.45, 2.75) is 84.0 Å². The number of unbranched alkanes of at least 4 members (excludes halogenated alkanes) is 11. The molecular weight excluding hydrogens is 301 g/mol. The van der Waals surface area contributed by atoms with Gasteiger partial charge in [0.15, 0.2) is 7.69 Å². The Labute approximate surface area is 152 Å². The minimum Gasteiger partial charge on any atom is -0.861 e. The fraction of sp³-hybridized carbons (Fsp3) is 1.00. The van der Waals surface area contributed by atoms with Crippen LogP contribution in [0.1, 0.15) is 84.0 Å². The summed E-state index contributed by atoms with van der Waals surface area (Å²) in [7, 11) is 6.70. The maximum atomic E-state index is 9.88. The van der Waals surface area contributed by atoms with E-state index in [1.807, 2.05) is 0 Å². The summed E-state index contributed by atoms with van der Waals surface area (Å²) in [5.41, 5.74) is 0. The lowest BCUT2D eigenvalue weighted by molar-refractivity contribution is -0.870. The van der Waals surface area contributed by atoms with Gasteiger partial charge in [-0.1, -0.05) is 77.6 Å². The first-order valence-corrected chi connectivity index (χ1v) is 9.94. The second-order valence-corrected chi connectivity index (χ2v) is 7.59. The molecule has 0 aliphatic heterocycles. The van der Waals surface area contributed by atoms with E-state index < -0.39 is 0 Å². The van der Waals surface area contributed by atoms with Gasteiger partial charge in [0.2, 0.25) is 0 Å². The van der Waals surface area contributed by atoms with Crippen LogP contribution in [0.3, 0.4) is 0 Å². The molecule has 145 valence electrons. The van der Waals surface area contributed by atoms with Crippen LogP contribution in [-0.2, 0) is 4.65 Å². The molecule has 4 nitrogen and oxygen atoms in total. The highest BCUT2D eigenvalue weighted by atomic mass is 16.5. The fourth-order valence-corrected chi connectivity index (χ4v) is 2.37. The lowest BCUT2D eigenvalue weighted by Crippen LogP contribution is -2.36. The van der Waals surface area contributed by atoms with Crippen molar-refractivity contribution in [3.8, 4) is 0 Å². The fourth-order valence-electron chi connectivity index (χ4n) is 2.37. The first-order chi connectivity index (χ1) is 11.5. The molecular formula is C19H43BNO3. The van der Waals surface area contributed by atoms with Gasteiger partial charge < -0.3 is 19.3 Å². The lowest BCUT2D eigenvalue weighted by atomic mass is 10.1. The third-order valence-electron chi connectivity index (χ3n) is 3.95. The summed E-state index contributed by atoms with van der Waals surface area (Å²) in [6, 6.07) is 0. The number of quaternary nitrogens is 1. The highest BCUT2D eigenvalue weighted by Crippen LogP contribution is 2.11. The number of hydrogen-bond donors (Lipinski definition) is 1. The van der Waals surface area contributed by atoms with Crippen molar-refractivity contribution >= 4 is 7.69 Å². The second-order valence-electron chi connectivity index (χ2n) is 7.59. The van der Waals surface area contributed by atoms with Crippen molar-refractivity contribution in [3.05, 3.63) is 0 Å². The van der Waals surface area contributed by atoms with Crippen LogP contribution in [0.15, 0.2) is 0 Å². The average Bonchev–Trinajstić information content (AvgIpc) is 2.51. The smallest absolute Gasteiger partial charge is 0.163 e. The van der Waals surface area contributed by atoms with Gasteiger partial charge in [-0.3, -0.25) is 0 Å². The van der Waals surface area contributed by atoms with E-state index >= 15 is 0 Å². The first kappa shape index (κ1) is 26.1. The van der Waals surface area contributed by atoms with Crippen LogP contribution >= 0.6 is 0 Å². The molecule has 1 N–H and O–H groups in total. The Balaban J connectivity index is 0. The van der Waals surface area contributed by atoms with E-state index in [2.05, 4.69) is 32.7 Å². The van der Waals surface area contributed by atoms with Crippen LogP contribution in [0.5, 0.6) is 0 Å². The minimum absolute atomic E-state index is 0.281. The lowest BCUT2D eigenvalue weighted by Gasteiger charge is -2.21. The maximum Gasteiger partial charge on any atom is 0.163 e. The van der Waals surface area contributed by atoms with Crippen molar-refractivity contribution < 1.29 is 19.3 Å². The molecule has 0 aromatic rings. The van der Waals surface area contributed by atoms with Gasteiger partial charge in [0.05, 0.1) is 27.7 Å². The van der Waals surface area contributed by atoms with Gasteiger partial charge in [-0.2, -0.15) is 0 Å². The summed E-state index contributed by atoms with van der Waals surface area (Å²) in [6.45, 7) is 3.98. The van der Waals surface area contributed by atoms with Crippen LogP contribution < -0.4 is 5.02 Å². The highest BCUT2D eigenvalue weighted by Gasteiger charge is 2.02. The Morgan fingerprint density at radius 3 is 1.50 bits per heavy atom. The average molecular weight is 344 g/mol. The SMILES string of the molecule is CCCCCCCCCCCCCCO[B][O-].C[N+](C)(C)CCO. The van der Waals surface area contributed by atoms with Crippen LogP contribution in [0.25, 0.3) is 0 Å². The Kier molecular flexibility index (Phi) is 22.8. The standard InChI is InChI=1S/C14H29BO2.C5H14NO/c1-2-3-4-5-6-7-8-9-10-11-12-13-14-17-15-16;1-6(2,3)4-5-7/h2-14H2,1H3;7H,4-5H2,1-3H3/q-1;+1. The number of likely N-dealkylation sites (N-methyl/N-ethyl adjacent to an activating group) is 1. The van der Waals surface area contributed by atoms with Crippen molar-refractivity contribution in [2.75, 3.05) is 40.9 Å². The number of aliphatic hydroxyl groups is 1. The van der Waals surface area contributed by atoms with Crippen molar-refractivity contribution in [2.24, 2.45) is 0 Å². The summed E-state index contributed by atoms with van der Waals surface area (Å²) in [6.07, 6.45) is 16.1. The monoisotopic (exact) mass is 344 g/mol. The normalized spacial score (nSPS) is 11.1. The largest absolute Gasteiger partial charge is 0.861 e. The van der Waals surface area contributed by atoms with Crippen LogP contribution in [0.4, 0.5) is 0 Å². The molecule has 0 aromatic carbocycles. The topological polar surface area (TPSA) is 52.5 Å². The Morgan fingerprint density at radius 1 is 0.792 bits per heavy atom. The summed E-state index contributed by atoms with van der Waals surface area (Å²) in [4.78, 5) is 0. The molecule has 0 saturated heterocycles. The molecule has 0 amide bonds. The van der Waals surface area contributed by atoms with E-state index in [0.29, 0.717) is 14.3 Å². The van der Waals surface area contributed by atoms with Gasteiger partial charge in [0, 0.05) is 6.61 Å². The maximum absolute atomic E-state index is 9.88. The number of rotatable bonds is 16. The number of hydrogen-bond acceptors (Lipinski definition) is 3. The molecule has 0 spiro atoms. The molecule has 5 heteroatoms. The Morgan fingerprint density at radius 2 is 1.21 bits per heavy atom. The van der Waals surface area contributed by atoms with E-state index in [-0.39, 0.29) is 6.61 Å². The Hall–Kier alpha value is -0.0951. The first-order valence-electron chi connectivity index (χ1n) is 9.94. The molecule has 0 saturated carbocycles. The van der Waals surface area contributed by atoms with E-state index in [4.69, 9.17) is 5.11 Å². The summed E-state index contributed by atoms with van der Waals surface area (Å²) in [5.74, 6) is 0. The van der Waals surface area contributed by atoms with E-state index in [9.17, 15) is 5.02 Å². The highest BCUT2D eigenvalue weighted by molar-refractivity contribution is 6.13. The summed E-state index contributed by atoms with van der Waals surface area (Å²) < 4.78 is 5.49. The molecule has 0 aliphatic carbocycles. The van der Waals surface area contributed by atoms with Gasteiger partial charge >= 0.3 is 0 Å². The zero-order chi connectivity index (χ0) is 18.5. The Bertz CT molecular complexity index is 209.